The monoisotopic (exact) mass is 557 g/mol. The predicted molar refractivity (Wildman–Crippen MR) is 157 cm³/mol. The Morgan fingerprint density at radius 1 is 1.00 bits per heavy atom. The number of ether oxygens (including phenoxy) is 2. The Labute approximate surface area is 240 Å². The van der Waals surface area contributed by atoms with Crippen molar-refractivity contribution < 1.29 is 9.47 Å². The summed E-state index contributed by atoms with van der Waals surface area (Å²) in [5, 5.41) is 14.1. The number of tetrazole rings is 1. The van der Waals surface area contributed by atoms with Crippen LogP contribution in [0.15, 0.2) is 53.3 Å². The number of H-pyrrole nitrogens is 1. The summed E-state index contributed by atoms with van der Waals surface area (Å²) in [4.78, 5) is 21.6. The van der Waals surface area contributed by atoms with E-state index in [2.05, 4.69) is 42.4 Å². The summed E-state index contributed by atoms with van der Waals surface area (Å²) in [5.74, 6) is 2.41. The molecule has 0 radical (unpaired) electrons. The molecule has 3 heterocycles. The lowest BCUT2D eigenvalue weighted by molar-refractivity contribution is 0.0982. The molecular weight excluding hydrogens is 518 g/mol. The molecule has 1 saturated carbocycles. The van der Waals surface area contributed by atoms with Crippen molar-refractivity contribution in [2.75, 3.05) is 39.9 Å². The third-order valence-electron chi connectivity index (χ3n) is 8.45. The van der Waals surface area contributed by atoms with E-state index in [0.29, 0.717) is 12.2 Å². The zero-order chi connectivity index (χ0) is 28.2. The van der Waals surface area contributed by atoms with Crippen LogP contribution in [-0.4, -0.2) is 74.9 Å². The van der Waals surface area contributed by atoms with Gasteiger partial charge in [-0.25, -0.2) is 4.68 Å². The highest BCUT2D eigenvalue weighted by Gasteiger charge is 2.34. The molecule has 6 rings (SSSR count). The summed E-state index contributed by atoms with van der Waals surface area (Å²) >= 11 is 0. The third kappa shape index (κ3) is 5.99. The number of benzene rings is 2. The van der Waals surface area contributed by atoms with Gasteiger partial charge in [0.25, 0.3) is 5.56 Å². The number of nitrogens with zero attached hydrogens (tertiary/aromatic N) is 6. The molecular formula is C31H39N7O3. The summed E-state index contributed by atoms with van der Waals surface area (Å²) in [6.07, 6.45) is 5.72. The molecule has 2 aromatic carbocycles. The molecule has 1 aliphatic heterocycles. The summed E-state index contributed by atoms with van der Waals surface area (Å²) in [6, 6.07) is 15.9. The fraction of sp³-hybridized carbons (Fsp3) is 0.484. The van der Waals surface area contributed by atoms with E-state index >= 15 is 0 Å². The number of methoxy groups -OCH3 is 1. The van der Waals surface area contributed by atoms with Crippen LogP contribution in [0.25, 0.3) is 10.9 Å². The Morgan fingerprint density at radius 2 is 1.83 bits per heavy atom. The lowest BCUT2D eigenvalue weighted by Gasteiger charge is -2.39. The third-order valence-corrected chi connectivity index (χ3v) is 8.45. The van der Waals surface area contributed by atoms with Gasteiger partial charge in [0.15, 0.2) is 5.82 Å². The molecule has 0 spiro atoms. The van der Waals surface area contributed by atoms with Gasteiger partial charge in [-0.1, -0.05) is 31.4 Å². The van der Waals surface area contributed by atoms with Gasteiger partial charge in [0.05, 0.1) is 19.8 Å². The van der Waals surface area contributed by atoms with Gasteiger partial charge in [0.1, 0.15) is 17.5 Å². The van der Waals surface area contributed by atoms with Crippen molar-refractivity contribution in [1.29, 1.82) is 0 Å². The molecule has 10 heteroatoms. The average molecular weight is 558 g/mol. The standard InChI is InChI=1S/C31H39N7O3/c1-3-41-26-12-13-28-23(19-26)20-27(31(39)32-28)29(30-33-34-35-38(30)24-9-5-4-6-10-24)37-16-14-36(15-17-37)21-22-8-7-11-25(18-22)40-2/h7-8,11-13,18-20,24,29H,3-6,9-10,14-17,21H2,1-2H3,(H,32,39)/t29-/m0/s1. The minimum atomic E-state index is -0.352. The summed E-state index contributed by atoms with van der Waals surface area (Å²) in [7, 11) is 1.70. The largest absolute Gasteiger partial charge is 0.497 e. The number of hydrogen-bond donors (Lipinski definition) is 1. The summed E-state index contributed by atoms with van der Waals surface area (Å²) in [6.45, 7) is 6.74. The number of hydrogen-bond acceptors (Lipinski definition) is 8. The average Bonchev–Trinajstić information content (AvgIpc) is 3.49. The van der Waals surface area contributed by atoms with Crippen LogP contribution in [-0.2, 0) is 6.54 Å². The predicted octanol–water partition coefficient (Wildman–Crippen LogP) is 4.33. The number of rotatable bonds is 9. The number of nitrogens with one attached hydrogen (secondary N) is 1. The topological polar surface area (TPSA) is 101 Å². The van der Waals surface area contributed by atoms with Crippen LogP contribution in [0.5, 0.6) is 11.5 Å². The second kappa shape index (κ2) is 12.4. The van der Waals surface area contributed by atoms with E-state index in [-0.39, 0.29) is 17.6 Å². The number of aromatic nitrogens is 5. The van der Waals surface area contributed by atoms with Gasteiger partial charge >= 0.3 is 0 Å². The van der Waals surface area contributed by atoms with Crippen LogP contribution in [0.4, 0.5) is 0 Å². The van der Waals surface area contributed by atoms with Gasteiger partial charge in [-0.05, 0) is 72.2 Å². The van der Waals surface area contributed by atoms with E-state index in [4.69, 9.17) is 9.47 Å². The molecule has 0 amide bonds. The second-order valence-corrected chi connectivity index (χ2v) is 11.1. The molecule has 41 heavy (non-hydrogen) atoms. The zero-order valence-electron chi connectivity index (χ0n) is 24.0. The van der Waals surface area contributed by atoms with Crippen LogP contribution in [0.2, 0.25) is 0 Å². The van der Waals surface area contributed by atoms with E-state index in [9.17, 15) is 4.79 Å². The summed E-state index contributed by atoms with van der Waals surface area (Å²) < 4.78 is 13.2. The lowest BCUT2D eigenvalue weighted by Crippen LogP contribution is -2.48. The Bertz CT molecular complexity index is 1520. The molecule has 2 fully saturated rings. The Hall–Kier alpha value is -3.76. The number of pyridine rings is 1. The fourth-order valence-corrected chi connectivity index (χ4v) is 6.34. The van der Waals surface area contributed by atoms with Crippen molar-refractivity contribution in [2.24, 2.45) is 0 Å². The molecule has 1 aliphatic carbocycles. The SMILES string of the molecule is CCOc1ccc2[nH]c(=O)c([C@@H](c3nnnn3C3CCCCC3)N3CCN(Cc4cccc(OC)c4)CC3)cc2c1. The highest BCUT2D eigenvalue weighted by Crippen LogP contribution is 2.34. The van der Waals surface area contributed by atoms with Crippen molar-refractivity contribution in [3.05, 3.63) is 75.8 Å². The minimum absolute atomic E-state index is 0.108. The van der Waals surface area contributed by atoms with Crippen LogP contribution in [0.1, 0.15) is 68.1 Å². The first kappa shape index (κ1) is 27.4. The molecule has 0 unspecified atom stereocenters. The van der Waals surface area contributed by atoms with Crippen molar-refractivity contribution in [1.82, 2.24) is 35.0 Å². The molecule has 2 aliphatic rings. The van der Waals surface area contributed by atoms with Crippen LogP contribution >= 0.6 is 0 Å². The Kier molecular flexibility index (Phi) is 8.29. The van der Waals surface area contributed by atoms with Crippen LogP contribution < -0.4 is 15.0 Å². The Morgan fingerprint density at radius 3 is 2.61 bits per heavy atom. The zero-order valence-corrected chi connectivity index (χ0v) is 24.0. The fourth-order valence-electron chi connectivity index (χ4n) is 6.34. The van der Waals surface area contributed by atoms with Crippen LogP contribution in [0, 0.1) is 0 Å². The van der Waals surface area contributed by atoms with Crippen LogP contribution in [0.3, 0.4) is 0 Å². The minimum Gasteiger partial charge on any atom is -0.497 e. The van der Waals surface area contributed by atoms with Crippen molar-refractivity contribution in [3.8, 4) is 11.5 Å². The quantitative estimate of drug-likeness (QED) is 0.325. The van der Waals surface area contributed by atoms with Crippen molar-refractivity contribution >= 4 is 10.9 Å². The Balaban J connectivity index is 1.33. The normalized spacial score (nSPS) is 18.0. The molecule has 1 saturated heterocycles. The molecule has 4 aromatic rings. The molecule has 1 atom stereocenters. The smallest absolute Gasteiger partial charge is 0.253 e. The summed E-state index contributed by atoms with van der Waals surface area (Å²) in [5.41, 5.74) is 2.57. The van der Waals surface area contributed by atoms with Gasteiger partial charge in [0, 0.05) is 49.2 Å². The molecule has 1 N–H and O–H groups in total. The van der Waals surface area contributed by atoms with Gasteiger partial charge in [0.2, 0.25) is 0 Å². The van der Waals surface area contributed by atoms with E-state index in [1.54, 1.807) is 7.11 Å². The van der Waals surface area contributed by atoms with E-state index in [1.807, 2.05) is 48.0 Å². The van der Waals surface area contributed by atoms with Gasteiger partial charge < -0.3 is 14.5 Å². The lowest BCUT2D eigenvalue weighted by atomic mass is 9.95. The highest BCUT2D eigenvalue weighted by atomic mass is 16.5. The first-order valence-electron chi connectivity index (χ1n) is 14.8. The second-order valence-electron chi connectivity index (χ2n) is 11.1. The van der Waals surface area contributed by atoms with Crippen molar-refractivity contribution in [3.63, 3.8) is 0 Å². The maximum atomic E-state index is 13.7. The highest BCUT2D eigenvalue weighted by molar-refractivity contribution is 5.80. The van der Waals surface area contributed by atoms with Gasteiger partial charge in [-0.15, -0.1) is 5.10 Å². The maximum absolute atomic E-state index is 13.7. The number of aromatic amines is 1. The molecule has 10 nitrogen and oxygen atoms in total. The first-order chi connectivity index (χ1) is 20.1. The van der Waals surface area contributed by atoms with E-state index in [1.165, 1.54) is 24.8 Å². The molecule has 2 aromatic heterocycles. The van der Waals surface area contributed by atoms with E-state index < -0.39 is 0 Å². The molecule has 0 bridgehead atoms. The number of piperazine rings is 1. The maximum Gasteiger partial charge on any atom is 0.253 e. The van der Waals surface area contributed by atoms with Crippen molar-refractivity contribution in [2.45, 2.75) is 57.7 Å². The van der Waals surface area contributed by atoms with E-state index in [0.717, 1.165) is 73.8 Å². The number of fused-ring (bicyclic) bond motifs is 1. The molecule has 216 valence electrons. The van der Waals surface area contributed by atoms with Gasteiger partial charge in [-0.2, -0.15) is 0 Å². The van der Waals surface area contributed by atoms with Gasteiger partial charge in [-0.3, -0.25) is 14.6 Å². The first-order valence-corrected chi connectivity index (χ1v) is 14.8.